The Balaban J connectivity index is 1.92. The molecular weight excluding hydrogens is 240 g/mol. The number of rotatable bonds is 6. The molecule has 0 aromatic carbocycles. The summed E-state index contributed by atoms with van der Waals surface area (Å²) in [7, 11) is 1.76. The molecule has 2 heterocycles. The van der Waals surface area contributed by atoms with Crippen LogP contribution in [0.5, 0.6) is 0 Å². The number of hydrogen-bond donors (Lipinski definition) is 0. The number of amides is 1. The molecule has 0 aliphatic carbocycles. The van der Waals surface area contributed by atoms with E-state index in [1.165, 1.54) is 32.2 Å². The van der Waals surface area contributed by atoms with Crippen LogP contribution in [0.25, 0.3) is 0 Å². The highest BCUT2D eigenvalue weighted by Crippen LogP contribution is 2.30. The molecule has 4 heteroatoms. The van der Waals surface area contributed by atoms with E-state index in [4.69, 9.17) is 4.74 Å². The van der Waals surface area contributed by atoms with E-state index in [1.807, 2.05) is 6.92 Å². The highest BCUT2D eigenvalue weighted by atomic mass is 16.5. The number of methoxy groups -OCH3 is 1. The summed E-state index contributed by atoms with van der Waals surface area (Å²) in [6, 6.07) is 1.06. The van der Waals surface area contributed by atoms with Crippen LogP contribution in [0.4, 0.5) is 0 Å². The molecule has 0 N–H and O–H groups in total. The molecule has 2 aliphatic rings. The third-order valence-electron chi connectivity index (χ3n) is 4.57. The number of nitrogens with zero attached hydrogens (tertiary/aromatic N) is 2. The van der Waals surface area contributed by atoms with E-state index < -0.39 is 0 Å². The molecule has 19 heavy (non-hydrogen) atoms. The van der Waals surface area contributed by atoms with Crippen molar-refractivity contribution in [1.82, 2.24) is 9.80 Å². The van der Waals surface area contributed by atoms with Crippen LogP contribution in [0.2, 0.25) is 0 Å². The molecule has 2 atom stereocenters. The minimum absolute atomic E-state index is 0.339. The van der Waals surface area contributed by atoms with Crippen LogP contribution in [0, 0.1) is 0 Å². The summed E-state index contributed by atoms with van der Waals surface area (Å²) in [5.41, 5.74) is 0. The van der Waals surface area contributed by atoms with Gasteiger partial charge in [0.1, 0.15) is 0 Å². The van der Waals surface area contributed by atoms with Crippen LogP contribution in [-0.4, -0.2) is 61.1 Å². The molecule has 4 nitrogen and oxygen atoms in total. The minimum atomic E-state index is 0.339. The van der Waals surface area contributed by atoms with Gasteiger partial charge in [-0.25, -0.2) is 0 Å². The topological polar surface area (TPSA) is 32.8 Å². The maximum absolute atomic E-state index is 12.0. The first kappa shape index (κ1) is 14.8. The Morgan fingerprint density at radius 1 is 1.21 bits per heavy atom. The molecule has 0 spiro atoms. The van der Waals surface area contributed by atoms with E-state index in [0.29, 0.717) is 24.4 Å². The van der Waals surface area contributed by atoms with Crippen molar-refractivity contribution in [3.05, 3.63) is 0 Å². The van der Waals surface area contributed by atoms with E-state index in [0.717, 1.165) is 26.1 Å². The number of ether oxygens (including phenoxy) is 1. The van der Waals surface area contributed by atoms with E-state index in [1.54, 1.807) is 7.11 Å². The Hall–Kier alpha value is -0.610. The zero-order valence-electron chi connectivity index (χ0n) is 12.4. The lowest BCUT2D eigenvalue weighted by atomic mass is 10.0. The lowest BCUT2D eigenvalue weighted by Gasteiger charge is -2.35. The quantitative estimate of drug-likeness (QED) is 0.690. The number of carbonyl (C=O) groups excluding carboxylic acids is 1. The van der Waals surface area contributed by atoms with Crippen molar-refractivity contribution in [3.8, 4) is 0 Å². The van der Waals surface area contributed by atoms with E-state index >= 15 is 0 Å². The van der Waals surface area contributed by atoms with Gasteiger partial charge < -0.3 is 9.64 Å². The minimum Gasteiger partial charge on any atom is -0.385 e. The zero-order valence-corrected chi connectivity index (χ0v) is 12.4. The monoisotopic (exact) mass is 268 g/mol. The second-order valence-electron chi connectivity index (χ2n) is 5.74. The van der Waals surface area contributed by atoms with Gasteiger partial charge >= 0.3 is 0 Å². The van der Waals surface area contributed by atoms with Gasteiger partial charge in [-0.15, -0.1) is 0 Å². The molecule has 0 aromatic heterocycles. The van der Waals surface area contributed by atoms with Gasteiger partial charge in [-0.1, -0.05) is 6.92 Å². The number of likely N-dealkylation sites (tertiary alicyclic amines) is 2. The maximum Gasteiger partial charge on any atom is 0.222 e. The Morgan fingerprint density at radius 3 is 2.68 bits per heavy atom. The summed E-state index contributed by atoms with van der Waals surface area (Å²) in [5, 5.41) is 0. The number of hydrogen-bond acceptors (Lipinski definition) is 3. The lowest BCUT2D eigenvalue weighted by Crippen LogP contribution is -2.48. The Bertz CT molecular complexity index is 296. The second-order valence-corrected chi connectivity index (χ2v) is 5.74. The average Bonchev–Trinajstić information content (AvgIpc) is 3.05. The molecule has 1 amide bonds. The van der Waals surface area contributed by atoms with Gasteiger partial charge in [-0.05, 0) is 38.6 Å². The summed E-state index contributed by atoms with van der Waals surface area (Å²) >= 11 is 0. The van der Waals surface area contributed by atoms with Crippen LogP contribution >= 0.6 is 0 Å². The lowest BCUT2D eigenvalue weighted by molar-refractivity contribution is -0.132. The predicted octanol–water partition coefficient (Wildman–Crippen LogP) is 1.89. The van der Waals surface area contributed by atoms with Gasteiger partial charge in [-0.2, -0.15) is 0 Å². The van der Waals surface area contributed by atoms with Gasteiger partial charge in [0, 0.05) is 45.3 Å². The summed E-state index contributed by atoms with van der Waals surface area (Å²) in [5.74, 6) is 0.339. The SMILES string of the molecule is CCC(=O)N1CCC[C@@H]1[C@@H]1CCCN1CCCOC. The summed E-state index contributed by atoms with van der Waals surface area (Å²) in [6.45, 7) is 6.09. The molecular formula is C15H28N2O2. The van der Waals surface area contributed by atoms with Crippen LogP contribution in [0.15, 0.2) is 0 Å². The molecule has 0 saturated carbocycles. The van der Waals surface area contributed by atoms with Crippen LogP contribution in [-0.2, 0) is 9.53 Å². The summed E-state index contributed by atoms with van der Waals surface area (Å²) < 4.78 is 5.15. The fourth-order valence-electron chi connectivity index (χ4n) is 3.68. The van der Waals surface area contributed by atoms with Crippen molar-refractivity contribution < 1.29 is 9.53 Å². The molecule has 0 aromatic rings. The van der Waals surface area contributed by atoms with E-state index in [2.05, 4.69) is 9.80 Å². The first-order valence-electron chi connectivity index (χ1n) is 7.80. The van der Waals surface area contributed by atoms with E-state index in [9.17, 15) is 4.79 Å². The summed E-state index contributed by atoms with van der Waals surface area (Å²) in [4.78, 5) is 16.8. The fourth-order valence-corrected chi connectivity index (χ4v) is 3.68. The maximum atomic E-state index is 12.0. The molecule has 0 radical (unpaired) electrons. The Labute approximate surface area is 117 Å². The van der Waals surface area contributed by atoms with Crippen molar-refractivity contribution in [3.63, 3.8) is 0 Å². The standard InChI is InChI=1S/C15H28N2O2/c1-3-15(18)17-11-5-8-14(17)13-7-4-9-16(13)10-6-12-19-2/h13-14H,3-12H2,1-2H3/t13-,14+/m0/s1. The third kappa shape index (κ3) is 3.48. The first-order chi connectivity index (χ1) is 9.27. The van der Waals surface area contributed by atoms with Gasteiger partial charge in [0.15, 0.2) is 0 Å². The first-order valence-corrected chi connectivity index (χ1v) is 7.80. The van der Waals surface area contributed by atoms with Gasteiger partial charge in [0.25, 0.3) is 0 Å². The van der Waals surface area contributed by atoms with Crippen molar-refractivity contribution in [2.45, 2.75) is 57.5 Å². The second kappa shape index (κ2) is 7.25. The highest BCUT2D eigenvalue weighted by Gasteiger charge is 2.38. The van der Waals surface area contributed by atoms with Crippen LogP contribution in [0.1, 0.15) is 45.4 Å². The van der Waals surface area contributed by atoms with Crippen molar-refractivity contribution in [2.75, 3.05) is 33.4 Å². The number of carbonyl (C=O) groups is 1. The van der Waals surface area contributed by atoms with Gasteiger partial charge in [-0.3, -0.25) is 9.69 Å². The molecule has 0 bridgehead atoms. The van der Waals surface area contributed by atoms with Crippen molar-refractivity contribution in [1.29, 1.82) is 0 Å². The highest BCUT2D eigenvalue weighted by molar-refractivity contribution is 5.76. The molecule has 2 rings (SSSR count). The van der Waals surface area contributed by atoms with Crippen molar-refractivity contribution >= 4 is 5.91 Å². The molecule has 0 unspecified atom stereocenters. The molecule has 2 fully saturated rings. The van der Waals surface area contributed by atoms with Gasteiger partial charge in [0.05, 0.1) is 0 Å². The van der Waals surface area contributed by atoms with Crippen LogP contribution in [0.3, 0.4) is 0 Å². The zero-order chi connectivity index (χ0) is 13.7. The van der Waals surface area contributed by atoms with E-state index in [-0.39, 0.29) is 0 Å². The molecule has 2 saturated heterocycles. The van der Waals surface area contributed by atoms with Crippen LogP contribution < -0.4 is 0 Å². The Morgan fingerprint density at radius 2 is 1.95 bits per heavy atom. The largest absolute Gasteiger partial charge is 0.385 e. The Kier molecular flexibility index (Phi) is 5.64. The summed E-state index contributed by atoms with van der Waals surface area (Å²) in [6.07, 6.45) is 6.65. The molecule has 2 aliphatic heterocycles. The molecule has 110 valence electrons. The smallest absolute Gasteiger partial charge is 0.222 e. The normalized spacial score (nSPS) is 28.2. The third-order valence-corrected chi connectivity index (χ3v) is 4.57. The van der Waals surface area contributed by atoms with Gasteiger partial charge in [0.2, 0.25) is 5.91 Å². The van der Waals surface area contributed by atoms with Crippen molar-refractivity contribution in [2.24, 2.45) is 0 Å². The predicted molar refractivity (Wildman–Crippen MR) is 76.1 cm³/mol. The fraction of sp³-hybridized carbons (Fsp3) is 0.933. The average molecular weight is 268 g/mol.